The van der Waals surface area contributed by atoms with Crippen LogP contribution in [0.2, 0.25) is 5.02 Å². The van der Waals surface area contributed by atoms with Gasteiger partial charge in [-0.1, -0.05) is 11.6 Å². The number of amides is 1. The number of rotatable bonds is 5. The largest absolute Gasteiger partial charge is 0.384 e. The predicted octanol–water partition coefficient (Wildman–Crippen LogP) is 4.27. The van der Waals surface area contributed by atoms with Crippen LogP contribution < -0.4 is 11.1 Å². The standard InChI is InChI=1S/C25H21ClN6O/c1-14-5-23(28)32-15(2)22(14)13-31-25(33)17-3-4-29-21(9-17)10-19-7-16(11-27)6-18-8-20(26)12-30-24(18)19/h3-9,12H,10,13H2,1-2H3,(H2,28,32)(H,31,33). The summed E-state index contributed by atoms with van der Waals surface area (Å²) < 4.78 is 0. The Morgan fingerprint density at radius 3 is 2.76 bits per heavy atom. The summed E-state index contributed by atoms with van der Waals surface area (Å²) in [4.78, 5) is 25.9. The average molecular weight is 457 g/mol. The molecule has 3 aromatic heterocycles. The highest BCUT2D eigenvalue weighted by Crippen LogP contribution is 2.24. The quantitative estimate of drug-likeness (QED) is 0.463. The number of aromatic nitrogens is 3. The fourth-order valence-electron chi connectivity index (χ4n) is 3.83. The van der Waals surface area contributed by atoms with Crippen LogP contribution in [-0.4, -0.2) is 20.9 Å². The molecule has 0 aliphatic carbocycles. The van der Waals surface area contributed by atoms with Gasteiger partial charge in [0.2, 0.25) is 0 Å². The fraction of sp³-hybridized carbons (Fsp3) is 0.160. The second kappa shape index (κ2) is 9.23. The third kappa shape index (κ3) is 4.92. The first kappa shape index (κ1) is 22.2. The van der Waals surface area contributed by atoms with Gasteiger partial charge in [0, 0.05) is 47.7 Å². The normalized spacial score (nSPS) is 10.7. The number of nitrogens with one attached hydrogen (secondary N) is 1. The lowest BCUT2D eigenvalue weighted by molar-refractivity contribution is 0.0950. The summed E-state index contributed by atoms with van der Waals surface area (Å²) in [6.45, 7) is 4.16. The molecule has 0 saturated heterocycles. The third-order valence-corrected chi connectivity index (χ3v) is 5.61. The van der Waals surface area contributed by atoms with Gasteiger partial charge in [-0.05, 0) is 66.9 Å². The van der Waals surface area contributed by atoms with E-state index in [0.717, 1.165) is 33.3 Å². The number of halogens is 1. The minimum absolute atomic E-state index is 0.213. The Hall–Kier alpha value is -4.02. The number of pyridine rings is 3. The summed E-state index contributed by atoms with van der Waals surface area (Å²) in [6.07, 6.45) is 3.60. The molecule has 164 valence electrons. The van der Waals surface area contributed by atoms with E-state index < -0.39 is 0 Å². The van der Waals surface area contributed by atoms with Gasteiger partial charge in [0.1, 0.15) is 5.82 Å². The van der Waals surface area contributed by atoms with Crippen molar-refractivity contribution >= 4 is 34.2 Å². The van der Waals surface area contributed by atoms with E-state index in [0.29, 0.717) is 40.6 Å². The number of hydrogen-bond donors (Lipinski definition) is 2. The molecule has 0 saturated carbocycles. The number of fused-ring (bicyclic) bond motifs is 1. The Balaban J connectivity index is 1.57. The van der Waals surface area contributed by atoms with Crippen LogP contribution in [0.5, 0.6) is 0 Å². The van der Waals surface area contributed by atoms with Crippen LogP contribution in [0.4, 0.5) is 5.82 Å². The lowest BCUT2D eigenvalue weighted by atomic mass is 10.0. The van der Waals surface area contributed by atoms with Crippen LogP contribution in [0.25, 0.3) is 10.9 Å². The zero-order valence-corrected chi connectivity index (χ0v) is 18.9. The molecule has 4 rings (SSSR count). The van der Waals surface area contributed by atoms with Crippen LogP contribution in [0, 0.1) is 25.2 Å². The Morgan fingerprint density at radius 2 is 2.00 bits per heavy atom. The average Bonchev–Trinajstić information content (AvgIpc) is 2.78. The number of carbonyl (C=O) groups excluding carboxylic acids is 1. The Morgan fingerprint density at radius 1 is 1.18 bits per heavy atom. The maximum absolute atomic E-state index is 12.8. The van der Waals surface area contributed by atoms with Gasteiger partial charge in [0.25, 0.3) is 5.91 Å². The van der Waals surface area contributed by atoms with Crippen LogP contribution in [0.15, 0.2) is 48.8 Å². The van der Waals surface area contributed by atoms with Crippen molar-refractivity contribution < 1.29 is 4.79 Å². The lowest BCUT2D eigenvalue weighted by Gasteiger charge is -2.12. The molecule has 0 unspecified atom stereocenters. The summed E-state index contributed by atoms with van der Waals surface area (Å²) in [5.74, 6) is 0.249. The first-order valence-electron chi connectivity index (χ1n) is 10.3. The molecule has 1 amide bonds. The van der Waals surface area contributed by atoms with Crippen molar-refractivity contribution in [3.8, 4) is 6.07 Å². The van der Waals surface area contributed by atoms with Gasteiger partial charge in [-0.3, -0.25) is 14.8 Å². The van der Waals surface area contributed by atoms with E-state index in [9.17, 15) is 10.1 Å². The number of aryl methyl sites for hydroxylation is 2. The fourth-order valence-corrected chi connectivity index (χ4v) is 4.00. The number of benzene rings is 1. The van der Waals surface area contributed by atoms with Crippen molar-refractivity contribution in [3.63, 3.8) is 0 Å². The van der Waals surface area contributed by atoms with Gasteiger partial charge in [-0.2, -0.15) is 5.26 Å². The van der Waals surface area contributed by atoms with Crippen molar-refractivity contribution in [2.45, 2.75) is 26.8 Å². The molecule has 0 atom stereocenters. The minimum Gasteiger partial charge on any atom is -0.384 e. The van der Waals surface area contributed by atoms with Crippen molar-refractivity contribution in [2.75, 3.05) is 5.73 Å². The highest BCUT2D eigenvalue weighted by atomic mass is 35.5. The van der Waals surface area contributed by atoms with Gasteiger partial charge >= 0.3 is 0 Å². The lowest BCUT2D eigenvalue weighted by Crippen LogP contribution is -2.24. The molecular formula is C25H21ClN6O. The van der Waals surface area contributed by atoms with E-state index in [1.54, 1.807) is 48.8 Å². The van der Waals surface area contributed by atoms with E-state index in [2.05, 4.69) is 26.3 Å². The van der Waals surface area contributed by atoms with E-state index in [1.807, 2.05) is 13.8 Å². The van der Waals surface area contributed by atoms with Crippen LogP contribution in [0.1, 0.15) is 44.0 Å². The maximum Gasteiger partial charge on any atom is 0.251 e. The van der Waals surface area contributed by atoms with Crippen molar-refractivity contribution in [1.82, 2.24) is 20.3 Å². The Labute approximate surface area is 196 Å². The highest BCUT2D eigenvalue weighted by Gasteiger charge is 2.12. The van der Waals surface area contributed by atoms with E-state index in [1.165, 1.54) is 0 Å². The molecular weight excluding hydrogens is 436 g/mol. The molecule has 0 aliphatic heterocycles. The van der Waals surface area contributed by atoms with Gasteiger partial charge < -0.3 is 11.1 Å². The van der Waals surface area contributed by atoms with Gasteiger partial charge in [-0.25, -0.2) is 4.98 Å². The van der Waals surface area contributed by atoms with Crippen LogP contribution in [0.3, 0.4) is 0 Å². The molecule has 0 aliphatic rings. The number of carbonyl (C=O) groups is 1. The smallest absolute Gasteiger partial charge is 0.251 e. The molecule has 3 N–H and O–H groups in total. The van der Waals surface area contributed by atoms with E-state index >= 15 is 0 Å². The van der Waals surface area contributed by atoms with E-state index in [-0.39, 0.29) is 5.91 Å². The van der Waals surface area contributed by atoms with Crippen molar-refractivity contribution in [3.05, 3.63) is 93.0 Å². The number of nitriles is 1. The first-order valence-corrected chi connectivity index (χ1v) is 10.7. The minimum atomic E-state index is -0.213. The summed E-state index contributed by atoms with van der Waals surface area (Å²) >= 11 is 6.07. The molecule has 0 radical (unpaired) electrons. The summed E-state index contributed by atoms with van der Waals surface area (Å²) in [5, 5.41) is 13.6. The first-order chi connectivity index (χ1) is 15.8. The number of nitrogens with zero attached hydrogens (tertiary/aromatic N) is 4. The second-order valence-electron chi connectivity index (χ2n) is 7.80. The molecule has 1 aromatic carbocycles. The predicted molar refractivity (Wildman–Crippen MR) is 128 cm³/mol. The van der Waals surface area contributed by atoms with Crippen LogP contribution >= 0.6 is 11.6 Å². The molecule has 33 heavy (non-hydrogen) atoms. The van der Waals surface area contributed by atoms with E-state index in [4.69, 9.17) is 17.3 Å². The zero-order valence-electron chi connectivity index (χ0n) is 18.2. The number of hydrogen-bond acceptors (Lipinski definition) is 6. The maximum atomic E-state index is 12.8. The molecule has 0 bridgehead atoms. The number of nitrogens with two attached hydrogens (primary N) is 1. The SMILES string of the molecule is Cc1cc(N)nc(C)c1CNC(=O)c1ccnc(Cc2cc(C#N)cc3cc(Cl)cnc23)c1. The van der Waals surface area contributed by atoms with Gasteiger partial charge in [0.05, 0.1) is 22.2 Å². The summed E-state index contributed by atoms with van der Waals surface area (Å²) in [7, 11) is 0. The van der Waals surface area contributed by atoms with Gasteiger partial charge in [-0.15, -0.1) is 0 Å². The third-order valence-electron chi connectivity index (χ3n) is 5.41. The van der Waals surface area contributed by atoms with Crippen LogP contribution in [-0.2, 0) is 13.0 Å². The number of nitrogen functional groups attached to an aromatic ring is 1. The molecule has 3 heterocycles. The van der Waals surface area contributed by atoms with Crippen molar-refractivity contribution in [1.29, 1.82) is 5.26 Å². The molecule has 4 aromatic rings. The Kier molecular flexibility index (Phi) is 6.20. The summed E-state index contributed by atoms with van der Waals surface area (Å²) in [6, 6.07) is 12.7. The Bertz CT molecular complexity index is 1400. The zero-order chi connectivity index (χ0) is 23.5. The second-order valence-corrected chi connectivity index (χ2v) is 8.23. The highest BCUT2D eigenvalue weighted by molar-refractivity contribution is 6.31. The molecule has 0 fully saturated rings. The molecule has 7 nitrogen and oxygen atoms in total. The van der Waals surface area contributed by atoms with Crippen molar-refractivity contribution in [2.24, 2.45) is 0 Å². The topological polar surface area (TPSA) is 118 Å². The molecule has 0 spiro atoms. The number of anilines is 1. The van der Waals surface area contributed by atoms with Gasteiger partial charge in [0.15, 0.2) is 0 Å². The molecule has 8 heteroatoms. The monoisotopic (exact) mass is 456 g/mol. The summed E-state index contributed by atoms with van der Waals surface area (Å²) in [5.41, 5.74) is 11.8.